The number of rotatable bonds is 1. The van der Waals surface area contributed by atoms with Crippen LogP contribution in [0.3, 0.4) is 0 Å². The summed E-state index contributed by atoms with van der Waals surface area (Å²) in [5, 5.41) is 8.93. The van der Waals surface area contributed by atoms with Gasteiger partial charge in [-0.2, -0.15) is 0 Å². The first kappa shape index (κ1) is 8.69. The largest absolute Gasteiger partial charge is 0.346 e. The van der Waals surface area contributed by atoms with Gasteiger partial charge in [-0.1, -0.05) is 30.3 Å². The minimum Gasteiger partial charge on any atom is -0.346 e. The lowest BCUT2D eigenvalue weighted by Gasteiger charge is -2.26. The molecule has 3 nitrogen and oxygen atoms in total. The average molecular weight is 180 g/mol. The van der Waals surface area contributed by atoms with Crippen LogP contribution in [0.5, 0.6) is 0 Å². The van der Waals surface area contributed by atoms with E-state index in [1.807, 2.05) is 30.3 Å². The molecule has 1 fully saturated rings. The molecule has 0 aliphatic carbocycles. The number of hydrogen-bond donors (Lipinski definition) is 1. The van der Waals surface area contributed by atoms with E-state index in [-0.39, 0.29) is 5.92 Å². The Balaban J connectivity index is 2.03. The summed E-state index contributed by atoms with van der Waals surface area (Å²) in [5.74, 6) is 0.240. The van der Waals surface area contributed by atoms with Gasteiger partial charge < -0.3 is 14.6 Å². The molecule has 1 aliphatic rings. The monoisotopic (exact) mass is 180 g/mol. The SMILES string of the molecule is OC1OCC(c2ccccc2)CO1. The number of aliphatic hydroxyl groups is 1. The van der Waals surface area contributed by atoms with Gasteiger partial charge in [0.15, 0.2) is 0 Å². The highest BCUT2D eigenvalue weighted by atomic mass is 16.8. The van der Waals surface area contributed by atoms with E-state index in [1.54, 1.807) is 0 Å². The van der Waals surface area contributed by atoms with Crippen molar-refractivity contribution in [3.05, 3.63) is 35.9 Å². The maximum Gasteiger partial charge on any atom is 0.269 e. The fourth-order valence-electron chi connectivity index (χ4n) is 1.41. The minimum atomic E-state index is -1.04. The van der Waals surface area contributed by atoms with Crippen LogP contribution in [-0.4, -0.2) is 24.8 Å². The summed E-state index contributed by atoms with van der Waals surface area (Å²) < 4.78 is 9.96. The van der Waals surface area contributed by atoms with E-state index in [0.717, 1.165) is 0 Å². The van der Waals surface area contributed by atoms with Gasteiger partial charge in [0.1, 0.15) is 0 Å². The predicted octanol–water partition coefficient (Wildman–Crippen LogP) is 1.09. The summed E-state index contributed by atoms with van der Waals surface area (Å²) >= 11 is 0. The fourth-order valence-corrected chi connectivity index (χ4v) is 1.41. The smallest absolute Gasteiger partial charge is 0.269 e. The van der Waals surface area contributed by atoms with Crippen LogP contribution in [0.2, 0.25) is 0 Å². The average Bonchev–Trinajstić information content (AvgIpc) is 2.20. The van der Waals surface area contributed by atoms with E-state index in [2.05, 4.69) is 0 Å². The number of benzene rings is 1. The van der Waals surface area contributed by atoms with Crippen LogP contribution >= 0.6 is 0 Å². The third-order valence-corrected chi connectivity index (χ3v) is 2.15. The Morgan fingerprint density at radius 1 is 1.08 bits per heavy atom. The Hall–Kier alpha value is -0.900. The summed E-state index contributed by atoms with van der Waals surface area (Å²) in [5.41, 5.74) is 1.19. The number of aliphatic hydroxyl groups excluding tert-OH is 1. The van der Waals surface area contributed by atoms with Gasteiger partial charge in [0.2, 0.25) is 0 Å². The van der Waals surface area contributed by atoms with E-state index in [4.69, 9.17) is 14.6 Å². The lowest BCUT2D eigenvalue weighted by Crippen LogP contribution is -2.30. The van der Waals surface area contributed by atoms with Crippen molar-refractivity contribution in [2.75, 3.05) is 13.2 Å². The second kappa shape index (κ2) is 3.87. The Kier molecular flexibility index (Phi) is 2.59. The van der Waals surface area contributed by atoms with E-state index < -0.39 is 6.48 Å². The summed E-state index contributed by atoms with van der Waals surface area (Å²) in [6.07, 6.45) is 0. The molecule has 1 aromatic rings. The van der Waals surface area contributed by atoms with Crippen LogP contribution in [0.25, 0.3) is 0 Å². The van der Waals surface area contributed by atoms with Crippen LogP contribution in [0.15, 0.2) is 30.3 Å². The normalized spacial score (nSPS) is 28.7. The minimum absolute atomic E-state index is 0.240. The first-order valence-electron chi connectivity index (χ1n) is 4.32. The number of hydrogen-bond acceptors (Lipinski definition) is 3. The van der Waals surface area contributed by atoms with E-state index in [1.165, 1.54) is 5.56 Å². The van der Waals surface area contributed by atoms with Gasteiger partial charge in [-0.3, -0.25) is 0 Å². The van der Waals surface area contributed by atoms with Gasteiger partial charge in [0, 0.05) is 5.92 Å². The Morgan fingerprint density at radius 3 is 2.31 bits per heavy atom. The zero-order valence-electron chi connectivity index (χ0n) is 7.22. The highest BCUT2D eigenvalue weighted by Gasteiger charge is 2.21. The van der Waals surface area contributed by atoms with Crippen LogP contribution < -0.4 is 0 Å². The quantitative estimate of drug-likeness (QED) is 0.703. The summed E-state index contributed by atoms with van der Waals surface area (Å²) in [4.78, 5) is 0. The van der Waals surface area contributed by atoms with Gasteiger partial charge in [-0.05, 0) is 5.56 Å². The summed E-state index contributed by atoms with van der Waals surface area (Å²) in [7, 11) is 0. The van der Waals surface area contributed by atoms with Gasteiger partial charge in [-0.15, -0.1) is 0 Å². The lowest BCUT2D eigenvalue weighted by molar-refractivity contribution is -0.293. The van der Waals surface area contributed by atoms with E-state index in [0.29, 0.717) is 13.2 Å². The van der Waals surface area contributed by atoms with Crippen molar-refractivity contribution in [1.82, 2.24) is 0 Å². The summed E-state index contributed by atoms with van der Waals surface area (Å²) in [6, 6.07) is 10.0. The third kappa shape index (κ3) is 2.06. The standard InChI is InChI=1S/C10H12O3/c11-10-12-6-9(7-13-10)8-4-2-1-3-5-8/h1-5,9-11H,6-7H2. The first-order valence-corrected chi connectivity index (χ1v) is 4.32. The van der Waals surface area contributed by atoms with Crippen LogP contribution in [0.1, 0.15) is 11.5 Å². The Labute approximate surface area is 76.9 Å². The van der Waals surface area contributed by atoms with Crippen molar-refractivity contribution >= 4 is 0 Å². The van der Waals surface area contributed by atoms with Crippen LogP contribution in [-0.2, 0) is 9.47 Å². The molecule has 0 saturated carbocycles. The molecule has 1 heterocycles. The number of ether oxygens (including phenoxy) is 2. The molecule has 0 spiro atoms. The molecular formula is C10H12O3. The highest BCUT2D eigenvalue weighted by Crippen LogP contribution is 2.20. The first-order chi connectivity index (χ1) is 6.36. The molecule has 0 radical (unpaired) electrons. The molecule has 0 atom stereocenters. The molecule has 70 valence electrons. The fraction of sp³-hybridized carbons (Fsp3) is 0.400. The second-order valence-electron chi connectivity index (χ2n) is 3.08. The van der Waals surface area contributed by atoms with Crippen LogP contribution in [0, 0.1) is 0 Å². The van der Waals surface area contributed by atoms with Crippen LogP contribution in [0.4, 0.5) is 0 Å². The topological polar surface area (TPSA) is 38.7 Å². The zero-order chi connectivity index (χ0) is 9.10. The molecule has 3 heteroatoms. The molecule has 2 rings (SSSR count). The van der Waals surface area contributed by atoms with Crippen molar-refractivity contribution in [3.63, 3.8) is 0 Å². The molecule has 1 saturated heterocycles. The van der Waals surface area contributed by atoms with E-state index in [9.17, 15) is 0 Å². The third-order valence-electron chi connectivity index (χ3n) is 2.15. The molecule has 0 amide bonds. The Bertz CT molecular complexity index is 252. The molecule has 0 unspecified atom stereocenters. The van der Waals surface area contributed by atoms with Crippen molar-refractivity contribution in [2.45, 2.75) is 12.4 Å². The molecule has 1 N–H and O–H groups in total. The molecule has 0 bridgehead atoms. The molecule has 13 heavy (non-hydrogen) atoms. The Morgan fingerprint density at radius 2 is 1.69 bits per heavy atom. The molecule has 1 aromatic carbocycles. The molecular weight excluding hydrogens is 168 g/mol. The van der Waals surface area contributed by atoms with Gasteiger partial charge >= 0.3 is 0 Å². The lowest BCUT2D eigenvalue weighted by atomic mass is 10.0. The van der Waals surface area contributed by atoms with Crippen molar-refractivity contribution < 1.29 is 14.6 Å². The van der Waals surface area contributed by atoms with Gasteiger partial charge in [0.25, 0.3) is 6.48 Å². The zero-order valence-corrected chi connectivity index (χ0v) is 7.22. The van der Waals surface area contributed by atoms with Crippen molar-refractivity contribution in [1.29, 1.82) is 0 Å². The van der Waals surface area contributed by atoms with Gasteiger partial charge in [0.05, 0.1) is 13.2 Å². The van der Waals surface area contributed by atoms with E-state index >= 15 is 0 Å². The molecule has 0 aromatic heterocycles. The van der Waals surface area contributed by atoms with Crippen molar-refractivity contribution in [2.24, 2.45) is 0 Å². The maximum absolute atomic E-state index is 8.93. The van der Waals surface area contributed by atoms with Crippen molar-refractivity contribution in [3.8, 4) is 0 Å². The van der Waals surface area contributed by atoms with Gasteiger partial charge in [-0.25, -0.2) is 0 Å². The maximum atomic E-state index is 8.93. The molecule has 1 aliphatic heterocycles. The predicted molar refractivity (Wildman–Crippen MR) is 47.1 cm³/mol. The second-order valence-corrected chi connectivity index (χ2v) is 3.08. The summed E-state index contributed by atoms with van der Waals surface area (Å²) in [6.45, 7) is -0.00365. The highest BCUT2D eigenvalue weighted by molar-refractivity contribution is 5.19.